The fourth-order valence-electron chi connectivity index (χ4n) is 5.95. The molecule has 2 atom stereocenters. The lowest BCUT2D eigenvalue weighted by Gasteiger charge is -2.48. The van der Waals surface area contributed by atoms with Crippen molar-refractivity contribution >= 4 is 35.3 Å². The minimum Gasteiger partial charge on any atom is -0.383 e. The number of hydrogen-bond acceptors (Lipinski definition) is 8. The quantitative estimate of drug-likeness (QED) is 0.192. The van der Waals surface area contributed by atoms with Crippen LogP contribution in [0.5, 0.6) is 0 Å². The molecule has 6 rings (SSSR count). The van der Waals surface area contributed by atoms with Crippen LogP contribution in [0.15, 0.2) is 59.9 Å². The summed E-state index contributed by atoms with van der Waals surface area (Å²) < 4.78 is 7.26. The monoisotopic (exact) mass is 551 g/mol. The van der Waals surface area contributed by atoms with Crippen molar-refractivity contribution in [3.8, 4) is 22.4 Å². The molecule has 41 heavy (non-hydrogen) atoms. The Labute approximate surface area is 235 Å². The van der Waals surface area contributed by atoms with Gasteiger partial charge in [-0.3, -0.25) is 20.0 Å². The second-order valence-corrected chi connectivity index (χ2v) is 10.3. The maximum Gasteiger partial charge on any atom is 0.289 e. The molecular weight excluding hydrogens is 522 g/mol. The number of carbonyl (C=O) groups is 2. The topological polar surface area (TPSA) is 178 Å². The average molecular weight is 552 g/mol. The van der Waals surface area contributed by atoms with Gasteiger partial charge in [-0.05, 0) is 25.8 Å². The van der Waals surface area contributed by atoms with E-state index in [-0.39, 0.29) is 35.4 Å². The van der Waals surface area contributed by atoms with E-state index in [2.05, 4.69) is 15.1 Å². The van der Waals surface area contributed by atoms with E-state index in [1.54, 1.807) is 17.3 Å². The lowest BCUT2D eigenvalue weighted by Crippen LogP contribution is -2.61. The van der Waals surface area contributed by atoms with Crippen molar-refractivity contribution < 1.29 is 14.3 Å². The van der Waals surface area contributed by atoms with Gasteiger partial charge < -0.3 is 21.1 Å². The van der Waals surface area contributed by atoms with E-state index in [1.807, 2.05) is 42.5 Å². The van der Waals surface area contributed by atoms with Gasteiger partial charge >= 0.3 is 0 Å². The number of aromatic nitrogens is 4. The van der Waals surface area contributed by atoms with Crippen molar-refractivity contribution in [2.24, 2.45) is 10.7 Å². The van der Waals surface area contributed by atoms with Crippen molar-refractivity contribution in [1.82, 2.24) is 24.5 Å². The number of amidine groups is 1. The number of anilines is 1. The van der Waals surface area contributed by atoms with Gasteiger partial charge in [0.1, 0.15) is 12.2 Å². The van der Waals surface area contributed by atoms with Crippen LogP contribution in [0.1, 0.15) is 41.7 Å². The number of carbonyl (C=O) groups excluding carboxylic acids is 2. The molecule has 2 fully saturated rings. The third-order valence-electron chi connectivity index (χ3n) is 7.77. The lowest BCUT2D eigenvalue weighted by molar-refractivity contribution is -0.144. The summed E-state index contributed by atoms with van der Waals surface area (Å²) >= 11 is 0. The molecule has 0 saturated carbocycles. The Bertz CT molecular complexity index is 1670. The predicted molar refractivity (Wildman–Crippen MR) is 154 cm³/mol. The van der Waals surface area contributed by atoms with Crippen LogP contribution >= 0.6 is 0 Å². The number of morpholine rings is 1. The number of pyridine rings is 1. The number of nitrogens with one attached hydrogen (secondary N) is 1. The van der Waals surface area contributed by atoms with Crippen LogP contribution in [0.3, 0.4) is 0 Å². The number of fused-ring (bicyclic) bond motifs is 3. The van der Waals surface area contributed by atoms with Crippen LogP contribution in [0.4, 0.5) is 5.82 Å². The Morgan fingerprint density at radius 3 is 2.44 bits per heavy atom. The van der Waals surface area contributed by atoms with Gasteiger partial charge in [0.2, 0.25) is 0 Å². The first-order chi connectivity index (χ1) is 19.9. The van der Waals surface area contributed by atoms with Gasteiger partial charge in [-0.15, -0.1) is 0 Å². The van der Waals surface area contributed by atoms with Crippen LogP contribution in [0, 0.1) is 5.41 Å². The zero-order valence-electron chi connectivity index (χ0n) is 22.4. The van der Waals surface area contributed by atoms with E-state index < -0.39 is 5.91 Å². The van der Waals surface area contributed by atoms with Gasteiger partial charge in [-0.2, -0.15) is 9.61 Å². The number of nitrogens with zero attached hydrogens (tertiary/aromatic N) is 6. The Kier molecular flexibility index (Phi) is 6.75. The molecule has 0 spiro atoms. The molecule has 2 aliphatic heterocycles. The van der Waals surface area contributed by atoms with E-state index in [0.717, 1.165) is 28.7 Å². The molecule has 5 N–H and O–H groups in total. The van der Waals surface area contributed by atoms with Crippen molar-refractivity contribution in [1.29, 1.82) is 5.41 Å². The van der Waals surface area contributed by atoms with Crippen molar-refractivity contribution in [3.63, 3.8) is 0 Å². The average Bonchev–Trinajstić information content (AvgIpc) is 3.41. The molecule has 0 aliphatic carbocycles. The summed E-state index contributed by atoms with van der Waals surface area (Å²) in [4.78, 5) is 40.9. The summed E-state index contributed by atoms with van der Waals surface area (Å²) in [5.74, 6) is -0.810. The number of amides is 1. The van der Waals surface area contributed by atoms with Crippen molar-refractivity contribution in [2.75, 3.05) is 18.9 Å². The van der Waals surface area contributed by atoms with Gasteiger partial charge in [0.25, 0.3) is 5.91 Å². The highest BCUT2D eigenvalue weighted by Crippen LogP contribution is 2.40. The van der Waals surface area contributed by atoms with Gasteiger partial charge in [0, 0.05) is 28.8 Å². The molecule has 5 heterocycles. The van der Waals surface area contributed by atoms with Crippen LogP contribution in [0.25, 0.3) is 28.0 Å². The number of piperidine rings is 1. The highest BCUT2D eigenvalue weighted by Gasteiger charge is 2.44. The van der Waals surface area contributed by atoms with Gasteiger partial charge in [-0.25, -0.2) is 9.98 Å². The smallest absolute Gasteiger partial charge is 0.289 e. The minimum absolute atomic E-state index is 0.161. The fraction of sp³-hybridized carbons (Fsp3) is 0.276. The molecule has 2 bridgehead atoms. The molecule has 2 saturated heterocycles. The lowest BCUT2D eigenvalue weighted by atomic mass is 9.81. The number of Topliss-reactive ketones (excluding diaryl/α,β-unsaturated/α-hetero) is 1. The van der Waals surface area contributed by atoms with E-state index in [1.165, 1.54) is 11.4 Å². The van der Waals surface area contributed by atoms with Gasteiger partial charge in [-0.1, -0.05) is 36.4 Å². The highest BCUT2D eigenvalue weighted by atomic mass is 16.5. The second kappa shape index (κ2) is 10.5. The van der Waals surface area contributed by atoms with E-state index in [4.69, 9.17) is 26.6 Å². The van der Waals surface area contributed by atoms with E-state index in [9.17, 15) is 9.59 Å². The zero-order valence-corrected chi connectivity index (χ0v) is 22.4. The first-order valence-corrected chi connectivity index (χ1v) is 13.3. The third-order valence-corrected chi connectivity index (χ3v) is 7.77. The molecule has 12 heteroatoms. The van der Waals surface area contributed by atoms with Crippen LogP contribution in [-0.2, 0) is 9.53 Å². The number of nitrogen functional groups attached to an aromatic ring is 1. The Morgan fingerprint density at radius 1 is 1.07 bits per heavy atom. The molecule has 12 nitrogen and oxygen atoms in total. The standard InChI is InChI=1S/C29H29N9O3/c1-16(39)24-25(19-9-20-13-41-14-21(10-19)37(20)29(40)26(31)34-15-30)36-28-22(12-35-38(28)27(24)32)18-7-8-23(33-11-18)17-5-3-2-4-6-17/h2-8,11-12,15,19-21H,9-10,13-14,32H2,1H3,(H3,30,31,34). The second-order valence-electron chi connectivity index (χ2n) is 10.3. The Hall–Kier alpha value is -4.97. The molecule has 4 aromatic rings. The highest BCUT2D eigenvalue weighted by molar-refractivity contribution is 6.38. The summed E-state index contributed by atoms with van der Waals surface area (Å²) in [7, 11) is 0. The maximum atomic E-state index is 13.0. The Morgan fingerprint density at radius 2 is 1.80 bits per heavy atom. The molecule has 2 unspecified atom stereocenters. The van der Waals surface area contributed by atoms with E-state index in [0.29, 0.717) is 43.0 Å². The summed E-state index contributed by atoms with van der Waals surface area (Å²) in [5.41, 5.74) is 17.3. The minimum atomic E-state index is -0.426. The summed E-state index contributed by atoms with van der Waals surface area (Å²) in [6, 6.07) is 13.2. The number of ketones is 1. The van der Waals surface area contributed by atoms with Crippen LogP contribution in [-0.4, -0.2) is 73.6 Å². The maximum absolute atomic E-state index is 13.0. The summed E-state index contributed by atoms with van der Waals surface area (Å²) in [5, 5.41) is 11.6. The van der Waals surface area contributed by atoms with Crippen molar-refractivity contribution in [2.45, 2.75) is 37.8 Å². The van der Waals surface area contributed by atoms with Crippen LogP contribution in [0.2, 0.25) is 0 Å². The molecule has 208 valence electrons. The number of aliphatic imine (C=N–C) groups is 1. The predicted octanol–water partition coefficient (Wildman–Crippen LogP) is 2.68. The molecule has 1 amide bonds. The van der Waals surface area contributed by atoms with E-state index >= 15 is 0 Å². The van der Waals surface area contributed by atoms with Crippen molar-refractivity contribution in [3.05, 3.63) is 66.1 Å². The molecule has 3 aromatic heterocycles. The molecule has 2 aliphatic rings. The number of benzene rings is 1. The number of nitrogens with two attached hydrogens (primary N) is 2. The SMILES string of the molecule is CC(=O)c1c(C2CC3COCC(C2)N3C(=O)C(N)=NC=N)nc2c(-c3ccc(-c4ccccc4)nc3)cnn2c1N. The van der Waals surface area contributed by atoms with Crippen LogP contribution < -0.4 is 11.5 Å². The molecular formula is C29H29N9O3. The van der Waals surface area contributed by atoms with Gasteiger partial charge in [0.05, 0.1) is 48.4 Å². The summed E-state index contributed by atoms with van der Waals surface area (Å²) in [6.45, 7) is 2.11. The Balaban J connectivity index is 1.39. The first kappa shape index (κ1) is 26.3. The number of hydrogen-bond donors (Lipinski definition) is 3. The number of rotatable bonds is 5. The fourth-order valence-corrected chi connectivity index (χ4v) is 5.95. The van der Waals surface area contributed by atoms with Gasteiger partial charge in [0.15, 0.2) is 17.3 Å². The number of ether oxygens (including phenoxy) is 1. The zero-order chi connectivity index (χ0) is 28.7. The largest absolute Gasteiger partial charge is 0.383 e. The summed E-state index contributed by atoms with van der Waals surface area (Å²) in [6.07, 6.45) is 5.21. The normalized spacial score (nSPS) is 20.7. The first-order valence-electron chi connectivity index (χ1n) is 13.3. The molecule has 1 aromatic carbocycles. The molecule has 0 radical (unpaired) electrons. The third kappa shape index (κ3) is 4.61.